The summed E-state index contributed by atoms with van der Waals surface area (Å²) in [4.78, 5) is 27.7. The van der Waals surface area contributed by atoms with Crippen LogP contribution in [0.15, 0.2) is 47.3 Å². The molecule has 6 heteroatoms. The Morgan fingerprint density at radius 2 is 1.67 bits per heavy atom. The zero-order chi connectivity index (χ0) is 21.9. The van der Waals surface area contributed by atoms with Gasteiger partial charge in [0.2, 0.25) is 0 Å². The van der Waals surface area contributed by atoms with Crippen LogP contribution in [-0.4, -0.2) is 25.0 Å². The highest BCUT2D eigenvalue weighted by atomic mass is 32.1. The molecule has 0 saturated heterocycles. The summed E-state index contributed by atoms with van der Waals surface area (Å²) in [6, 6.07) is 13.0. The van der Waals surface area contributed by atoms with Crippen molar-refractivity contribution in [2.24, 2.45) is 0 Å². The topological polar surface area (TPSA) is 68.4 Å². The number of aromatic nitrogens is 1. The lowest BCUT2D eigenvalue weighted by Gasteiger charge is -2.18. The number of benzene rings is 2. The maximum absolute atomic E-state index is 12.6. The SMILES string of the molecule is COc1ccc(/C=c2\s/c(=C\C(=O)c3ccc(C(C)(C)C)cc3)[nH]c2=O)cc1OC. The van der Waals surface area contributed by atoms with Crippen molar-refractivity contribution < 1.29 is 14.3 Å². The number of nitrogens with one attached hydrogen (secondary N) is 1. The number of thiazole rings is 1. The number of rotatable bonds is 5. The van der Waals surface area contributed by atoms with Crippen molar-refractivity contribution >= 4 is 29.3 Å². The van der Waals surface area contributed by atoms with E-state index < -0.39 is 0 Å². The Labute approximate surface area is 179 Å². The standard InChI is InChI=1S/C24H25NO4S/c1-24(2,3)17-9-7-16(8-10-17)18(26)14-22-25-23(27)21(30-22)13-15-6-11-19(28-4)20(12-15)29-5/h6-14H,1-5H3,(H,25,27)/b21-13-,22-14-. The minimum atomic E-state index is -0.239. The molecule has 3 rings (SSSR count). The Morgan fingerprint density at radius 3 is 2.27 bits per heavy atom. The van der Waals surface area contributed by atoms with Crippen molar-refractivity contribution in [1.82, 2.24) is 4.98 Å². The molecule has 156 valence electrons. The minimum Gasteiger partial charge on any atom is -0.493 e. The Balaban J connectivity index is 1.92. The number of aromatic amines is 1. The molecule has 0 saturated carbocycles. The summed E-state index contributed by atoms with van der Waals surface area (Å²) in [6.07, 6.45) is 3.22. The van der Waals surface area contributed by atoms with Crippen molar-refractivity contribution in [3.05, 3.63) is 78.7 Å². The van der Waals surface area contributed by atoms with Gasteiger partial charge in [0.25, 0.3) is 5.56 Å². The molecule has 0 bridgehead atoms. The molecule has 0 aliphatic heterocycles. The second-order valence-corrected chi connectivity index (χ2v) is 8.96. The summed E-state index contributed by atoms with van der Waals surface area (Å²) >= 11 is 1.24. The molecule has 0 atom stereocenters. The van der Waals surface area contributed by atoms with E-state index in [1.165, 1.54) is 17.4 Å². The molecule has 30 heavy (non-hydrogen) atoms. The molecule has 0 amide bonds. The van der Waals surface area contributed by atoms with Crippen LogP contribution in [0.4, 0.5) is 0 Å². The van der Waals surface area contributed by atoms with Crippen molar-refractivity contribution in [1.29, 1.82) is 0 Å². The maximum atomic E-state index is 12.6. The second-order valence-electron chi connectivity index (χ2n) is 7.88. The molecule has 1 N–H and O–H groups in total. The highest BCUT2D eigenvalue weighted by Gasteiger charge is 2.13. The van der Waals surface area contributed by atoms with Gasteiger partial charge in [0, 0.05) is 11.6 Å². The number of hydrogen-bond donors (Lipinski definition) is 1. The van der Waals surface area contributed by atoms with E-state index in [2.05, 4.69) is 25.8 Å². The second kappa shape index (κ2) is 8.71. The molecule has 0 unspecified atom stereocenters. The Kier molecular flexibility index (Phi) is 6.27. The molecule has 1 heterocycles. The van der Waals surface area contributed by atoms with E-state index in [4.69, 9.17) is 9.47 Å². The molecule has 5 nitrogen and oxygen atoms in total. The van der Waals surface area contributed by atoms with Crippen molar-refractivity contribution in [3.63, 3.8) is 0 Å². The van der Waals surface area contributed by atoms with Crippen molar-refractivity contribution in [2.75, 3.05) is 14.2 Å². The largest absolute Gasteiger partial charge is 0.493 e. The van der Waals surface area contributed by atoms with Crippen LogP contribution in [0, 0.1) is 0 Å². The number of ketones is 1. The quantitative estimate of drug-likeness (QED) is 0.640. The van der Waals surface area contributed by atoms with Crippen molar-refractivity contribution in [3.8, 4) is 11.5 Å². The van der Waals surface area contributed by atoms with E-state index in [0.29, 0.717) is 26.3 Å². The average molecular weight is 424 g/mol. The summed E-state index contributed by atoms with van der Waals surface area (Å²) in [7, 11) is 3.13. The first kappa shape index (κ1) is 21.6. The smallest absolute Gasteiger partial charge is 0.266 e. The van der Waals surface area contributed by atoms with E-state index in [9.17, 15) is 9.59 Å². The summed E-state index contributed by atoms with van der Waals surface area (Å²) in [5.41, 5.74) is 2.34. The third-order valence-corrected chi connectivity index (χ3v) is 5.65. The fourth-order valence-corrected chi connectivity index (χ4v) is 3.84. The van der Waals surface area contributed by atoms with Crippen LogP contribution in [0.5, 0.6) is 11.5 Å². The van der Waals surface area contributed by atoms with Gasteiger partial charge in [-0.15, -0.1) is 11.3 Å². The maximum Gasteiger partial charge on any atom is 0.266 e. The lowest BCUT2D eigenvalue weighted by Crippen LogP contribution is -2.20. The van der Waals surface area contributed by atoms with Gasteiger partial charge < -0.3 is 14.5 Å². The van der Waals surface area contributed by atoms with Crippen molar-refractivity contribution in [2.45, 2.75) is 26.2 Å². The summed E-state index contributed by atoms with van der Waals surface area (Å²) in [5, 5.41) is 0. The van der Waals surface area contributed by atoms with E-state index in [1.807, 2.05) is 30.3 Å². The van der Waals surface area contributed by atoms with Crippen LogP contribution in [0.3, 0.4) is 0 Å². The molecule has 2 aromatic carbocycles. The highest BCUT2D eigenvalue weighted by Crippen LogP contribution is 2.27. The third kappa shape index (κ3) is 4.89. The Morgan fingerprint density at radius 1 is 1.00 bits per heavy atom. The summed E-state index contributed by atoms with van der Waals surface area (Å²) < 4.78 is 11.6. The van der Waals surface area contributed by atoms with Crippen LogP contribution in [0.2, 0.25) is 0 Å². The Hall–Kier alpha value is -3.12. The molecule has 0 fully saturated rings. The zero-order valence-corrected chi connectivity index (χ0v) is 18.6. The van der Waals surface area contributed by atoms with Gasteiger partial charge in [-0.25, -0.2) is 0 Å². The van der Waals surface area contributed by atoms with Gasteiger partial charge in [-0.3, -0.25) is 9.59 Å². The molecule has 0 spiro atoms. The van der Waals surface area contributed by atoms with E-state index in [0.717, 1.165) is 11.1 Å². The molecule has 0 aliphatic carbocycles. The first-order valence-corrected chi connectivity index (χ1v) is 10.3. The average Bonchev–Trinajstić information content (AvgIpc) is 3.05. The molecule has 0 aliphatic rings. The number of hydrogen-bond acceptors (Lipinski definition) is 5. The zero-order valence-electron chi connectivity index (χ0n) is 17.7. The lowest BCUT2D eigenvalue weighted by atomic mass is 9.86. The number of Topliss-reactive ketones (excluding diaryl/α,β-unsaturated/α-hetero) is 1. The van der Waals surface area contributed by atoms with Gasteiger partial charge in [0.15, 0.2) is 17.3 Å². The van der Waals surface area contributed by atoms with Gasteiger partial charge >= 0.3 is 0 Å². The van der Waals surface area contributed by atoms with Gasteiger partial charge in [-0.1, -0.05) is 51.1 Å². The molecule has 1 aromatic heterocycles. The van der Waals surface area contributed by atoms with E-state index in [-0.39, 0.29) is 16.8 Å². The predicted octanol–water partition coefficient (Wildman–Crippen LogP) is 3.24. The van der Waals surface area contributed by atoms with Crippen LogP contribution < -0.4 is 24.2 Å². The number of H-pyrrole nitrogens is 1. The first-order chi connectivity index (χ1) is 14.2. The molecular formula is C24H25NO4S. The Bertz CT molecular complexity index is 1230. The summed E-state index contributed by atoms with van der Waals surface area (Å²) in [6.45, 7) is 6.38. The van der Waals surface area contributed by atoms with Crippen LogP contribution in [-0.2, 0) is 5.41 Å². The van der Waals surface area contributed by atoms with E-state index >= 15 is 0 Å². The van der Waals surface area contributed by atoms with Crippen LogP contribution in [0.1, 0.15) is 42.3 Å². The van der Waals surface area contributed by atoms with Gasteiger partial charge in [0.05, 0.1) is 23.4 Å². The number of ether oxygens (including phenoxy) is 2. The monoisotopic (exact) mass is 423 g/mol. The molecule has 0 radical (unpaired) electrons. The lowest BCUT2D eigenvalue weighted by molar-refractivity contribution is 0.106. The highest BCUT2D eigenvalue weighted by molar-refractivity contribution is 7.07. The fourth-order valence-electron chi connectivity index (χ4n) is 2.96. The number of carbonyl (C=O) groups is 1. The van der Waals surface area contributed by atoms with Gasteiger partial charge in [0.1, 0.15) is 0 Å². The number of carbonyl (C=O) groups excluding carboxylic acids is 1. The third-order valence-electron chi connectivity index (χ3n) is 4.68. The normalized spacial score (nSPS) is 12.8. The molecular weight excluding hydrogens is 398 g/mol. The van der Waals surface area contributed by atoms with Crippen LogP contribution in [0.25, 0.3) is 12.2 Å². The fraction of sp³-hybridized carbons (Fsp3) is 0.250. The van der Waals surface area contributed by atoms with Gasteiger partial charge in [-0.05, 0) is 34.8 Å². The minimum absolute atomic E-state index is 0.0269. The summed E-state index contributed by atoms with van der Waals surface area (Å²) in [5.74, 6) is 1.05. The predicted molar refractivity (Wildman–Crippen MR) is 121 cm³/mol. The first-order valence-electron chi connectivity index (χ1n) is 9.51. The molecule has 3 aromatic rings. The number of methoxy groups -OCH3 is 2. The van der Waals surface area contributed by atoms with Gasteiger partial charge in [-0.2, -0.15) is 0 Å². The van der Waals surface area contributed by atoms with Crippen LogP contribution >= 0.6 is 11.3 Å². The van der Waals surface area contributed by atoms with E-state index in [1.54, 1.807) is 32.4 Å².